The van der Waals surface area contributed by atoms with Crippen LogP contribution in [0, 0.1) is 18.7 Å². The third kappa shape index (κ3) is 3.18. The van der Waals surface area contributed by atoms with Crippen molar-refractivity contribution in [3.63, 3.8) is 0 Å². The fourth-order valence-corrected chi connectivity index (χ4v) is 3.63. The van der Waals surface area contributed by atoms with Gasteiger partial charge in [-0.3, -0.25) is 0 Å². The maximum Gasteiger partial charge on any atom is 0.185 e. The van der Waals surface area contributed by atoms with Crippen LogP contribution in [0.3, 0.4) is 0 Å². The molecule has 0 saturated carbocycles. The molecule has 0 spiro atoms. The Morgan fingerprint density at radius 1 is 1.25 bits per heavy atom. The van der Waals surface area contributed by atoms with Crippen molar-refractivity contribution >= 4 is 16.5 Å². The Morgan fingerprint density at radius 3 is 2.55 bits per heavy atom. The maximum absolute atomic E-state index is 12.9. The summed E-state index contributed by atoms with van der Waals surface area (Å²) in [5.41, 5.74) is 2.35. The summed E-state index contributed by atoms with van der Waals surface area (Å²) in [5, 5.41) is 3.27. The number of aryl methyl sites for hydroxylation is 1. The van der Waals surface area contributed by atoms with Gasteiger partial charge in [-0.15, -0.1) is 11.3 Å². The third-order valence-corrected chi connectivity index (χ3v) is 4.95. The quantitative estimate of drug-likeness (QED) is 0.848. The van der Waals surface area contributed by atoms with Crippen LogP contribution in [-0.2, 0) is 6.42 Å². The zero-order valence-corrected chi connectivity index (χ0v) is 12.5. The van der Waals surface area contributed by atoms with Gasteiger partial charge in [0.15, 0.2) is 5.13 Å². The Morgan fingerprint density at radius 2 is 1.95 bits per heavy atom. The van der Waals surface area contributed by atoms with Crippen molar-refractivity contribution in [1.29, 1.82) is 0 Å². The first-order valence-corrected chi connectivity index (χ1v) is 8.00. The van der Waals surface area contributed by atoms with Crippen LogP contribution in [-0.4, -0.2) is 18.1 Å². The molecule has 3 rings (SSSR count). The highest BCUT2D eigenvalue weighted by Crippen LogP contribution is 2.27. The van der Waals surface area contributed by atoms with Crippen LogP contribution in [0.15, 0.2) is 29.6 Å². The summed E-state index contributed by atoms with van der Waals surface area (Å²) in [7, 11) is 0. The van der Waals surface area contributed by atoms with Gasteiger partial charge in [-0.2, -0.15) is 0 Å². The molecule has 1 saturated heterocycles. The average Bonchev–Trinajstić information content (AvgIpc) is 2.89. The molecule has 0 atom stereocenters. The van der Waals surface area contributed by atoms with Crippen LogP contribution in [0.25, 0.3) is 0 Å². The van der Waals surface area contributed by atoms with E-state index in [4.69, 9.17) is 0 Å². The van der Waals surface area contributed by atoms with Gasteiger partial charge in [-0.05, 0) is 49.8 Å². The van der Waals surface area contributed by atoms with Gasteiger partial charge in [-0.1, -0.05) is 12.1 Å². The second-order valence-electron chi connectivity index (χ2n) is 5.53. The summed E-state index contributed by atoms with van der Waals surface area (Å²) in [6.45, 7) is 4.21. The molecule has 1 aliphatic heterocycles. The lowest BCUT2D eigenvalue weighted by atomic mass is 9.90. The number of hydrogen-bond donors (Lipinski definition) is 0. The van der Waals surface area contributed by atoms with Crippen LogP contribution < -0.4 is 4.90 Å². The number of hydrogen-bond acceptors (Lipinski definition) is 3. The van der Waals surface area contributed by atoms with E-state index in [1.54, 1.807) is 23.5 Å². The van der Waals surface area contributed by atoms with Crippen molar-refractivity contribution in [3.05, 3.63) is 46.7 Å². The minimum atomic E-state index is -0.150. The van der Waals surface area contributed by atoms with Gasteiger partial charge < -0.3 is 4.90 Å². The molecule has 0 radical (unpaired) electrons. The minimum absolute atomic E-state index is 0.150. The molecule has 1 aromatic carbocycles. The highest BCUT2D eigenvalue weighted by atomic mass is 32.1. The smallest absolute Gasteiger partial charge is 0.185 e. The number of halogens is 1. The monoisotopic (exact) mass is 290 g/mol. The second-order valence-corrected chi connectivity index (χ2v) is 6.37. The summed E-state index contributed by atoms with van der Waals surface area (Å²) >= 11 is 1.74. The lowest BCUT2D eigenvalue weighted by Crippen LogP contribution is -2.34. The molecule has 20 heavy (non-hydrogen) atoms. The highest BCUT2D eigenvalue weighted by Gasteiger charge is 2.21. The Balaban J connectivity index is 1.54. The molecule has 1 fully saturated rings. The molecule has 0 amide bonds. The zero-order chi connectivity index (χ0) is 13.9. The van der Waals surface area contributed by atoms with Gasteiger partial charge in [0.25, 0.3) is 0 Å². The summed E-state index contributed by atoms with van der Waals surface area (Å²) in [5.74, 6) is 0.556. The van der Waals surface area contributed by atoms with Crippen LogP contribution in [0.5, 0.6) is 0 Å². The Kier molecular flexibility index (Phi) is 4.01. The second kappa shape index (κ2) is 5.92. The molecule has 0 unspecified atom stereocenters. The van der Waals surface area contributed by atoms with E-state index in [-0.39, 0.29) is 5.82 Å². The average molecular weight is 290 g/mol. The van der Waals surface area contributed by atoms with E-state index >= 15 is 0 Å². The van der Waals surface area contributed by atoms with E-state index in [0.717, 1.165) is 30.3 Å². The van der Waals surface area contributed by atoms with E-state index in [2.05, 4.69) is 15.3 Å². The van der Waals surface area contributed by atoms with Gasteiger partial charge in [0.05, 0.1) is 5.69 Å². The van der Waals surface area contributed by atoms with Crippen LogP contribution >= 0.6 is 11.3 Å². The van der Waals surface area contributed by atoms with E-state index < -0.39 is 0 Å². The molecule has 0 aliphatic carbocycles. The van der Waals surface area contributed by atoms with Crippen LogP contribution in [0.2, 0.25) is 0 Å². The third-order valence-electron chi connectivity index (χ3n) is 3.93. The van der Waals surface area contributed by atoms with Crippen molar-refractivity contribution in [3.8, 4) is 0 Å². The van der Waals surface area contributed by atoms with Crippen LogP contribution in [0.1, 0.15) is 24.1 Å². The van der Waals surface area contributed by atoms with Crippen molar-refractivity contribution in [2.24, 2.45) is 5.92 Å². The van der Waals surface area contributed by atoms with Crippen molar-refractivity contribution in [2.75, 3.05) is 18.0 Å². The molecule has 1 aliphatic rings. The summed E-state index contributed by atoms with van der Waals surface area (Å²) in [6.07, 6.45) is 3.44. The van der Waals surface area contributed by atoms with Crippen molar-refractivity contribution in [2.45, 2.75) is 26.2 Å². The molecule has 2 nitrogen and oxygen atoms in total. The summed E-state index contributed by atoms with van der Waals surface area (Å²) < 4.78 is 12.9. The first-order valence-electron chi connectivity index (χ1n) is 7.12. The number of anilines is 1. The normalized spacial score (nSPS) is 16.6. The Labute approximate surface area is 123 Å². The molecular weight excluding hydrogens is 271 g/mol. The number of benzene rings is 1. The zero-order valence-electron chi connectivity index (χ0n) is 11.7. The molecule has 2 aromatic rings. The molecular formula is C16H19FN2S. The fraction of sp³-hybridized carbons (Fsp3) is 0.438. The summed E-state index contributed by atoms with van der Waals surface area (Å²) in [4.78, 5) is 6.94. The first-order chi connectivity index (χ1) is 9.70. The predicted molar refractivity (Wildman–Crippen MR) is 81.9 cm³/mol. The van der Waals surface area contributed by atoms with E-state index in [1.165, 1.54) is 18.4 Å². The number of rotatable bonds is 3. The van der Waals surface area contributed by atoms with E-state index in [1.807, 2.05) is 19.1 Å². The number of thiazole rings is 1. The fourth-order valence-electron chi connectivity index (χ4n) is 2.77. The predicted octanol–water partition coefficient (Wildman–Crippen LogP) is 4.05. The summed E-state index contributed by atoms with van der Waals surface area (Å²) in [6, 6.07) is 6.93. The molecule has 1 aromatic heterocycles. The molecule has 4 heteroatoms. The SMILES string of the molecule is Cc1csc(N2CCC(Cc3ccc(F)cc3)CC2)n1. The minimum Gasteiger partial charge on any atom is -0.348 e. The topological polar surface area (TPSA) is 16.1 Å². The van der Waals surface area contributed by atoms with Gasteiger partial charge in [0.2, 0.25) is 0 Å². The lowest BCUT2D eigenvalue weighted by molar-refractivity contribution is 0.403. The molecule has 106 valence electrons. The maximum atomic E-state index is 12.9. The van der Waals surface area contributed by atoms with Crippen LogP contribution in [0.4, 0.5) is 9.52 Å². The van der Waals surface area contributed by atoms with Gasteiger partial charge in [0.1, 0.15) is 5.82 Å². The van der Waals surface area contributed by atoms with Gasteiger partial charge in [-0.25, -0.2) is 9.37 Å². The molecule has 0 N–H and O–H groups in total. The number of piperidine rings is 1. The Hall–Kier alpha value is -1.42. The number of nitrogens with zero attached hydrogens (tertiary/aromatic N) is 2. The highest BCUT2D eigenvalue weighted by molar-refractivity contribution is 7.13. The lowest BCUT2D eigenvalue weighted by Gasteiger charge is -2.31. The van der Waals surface area contributed by atoms with E-state index in [0.29, 0.717) is 5.92 Å². The number of aromatic nitrogens is 1. The molecule has 2 heterocycles. The standard InChI is InChI=1S/C16H19FN2S/c1-12-11-20-16(18-12)19-8-6-14(7-9-19)10-13-2-4-15(17)5-3-13/h2-5,11,14H,6-10H2,1H3. The largest absolute Gasteiger partial charge is 0.348 e. The van der Waals surface area contributed by atoms with Crippen molar-refractivity contribution < 1.29 is 4.39 Å². The van der Waals surface area contributed by atoms with Gasteiger partial charge in [0, 0.05) is 18.5 Å². The Bertz CT molecular complexity index is 556. The van der Waals surface area contributed by atoms with Crippen molar-refractivity contribution in [1.82, 2.24) is 4.98 Å². The van der Waals surface area contributed by atoms with E-state index in [9.17, 15) is 4.39 Å². The van der Waals surface area contributed by atoms with Gasteiger partial charge >= 0.3 is 0 Å². The molecule has 0 bridgehead atoms. The first kappa shape index (κ1) is 13.6.